The van der Waals surface area contributed by atoms with Gasteiger partial charge in [0.05, 0.1) is 24.1 Å². The number of ether oxygens (including phenoxy) is 1. The Morgan fingerprint density at radius 1 is 1.53 bits per heavy atom. The van der Waals surface area contributed by atoms with Gasteiger partial charge in [0.25, 0.3) is 0 Å². The van der Waals surface area contributed by atoms with Crippen LogP contribution in [0.2, 0.25) is 0 Å². The zero-order valence-electron chi connectivity index (χ0n) is 10.7. The lowest BCUT2D eigenvalue weighted by Crippen LogP contribution is -2.29. The zero-order valence-corrected chi connectivity index (χ0v) is 10.7. The van der Waals surface area contributed by atoms with Crippen molar-refractivity contribution in [1.82, 2.24) is 15.0 Å². The second-order valence-corrected chi connectivity index (χ2v) is 4.86. The molecule has 1 saturated heterocycles. The Morgan fingerprint density at radius 3 is 3.26 bits per heavy atom. The van der Waals surface area contributed by atoms with Crippen molar-refractivity contribution in [2.45, 2.75) is 31.4 Å². The summed E-state index contributed by atoms with van der Waals surface area (Å²) in [5.74, 6) is 0.753. The first-order valence-corrected chi connectivity index (χ1v) is 6.64. The quantitative estimate of drug-likeness (QED) is 0.756. The molecule has 0 amide bonds. The Morgan fingerprint density at radius 2 is 2.47 bits per heavy atom. The van der Waals surface area contributed by atoms with Gasteiger partial charge in [-0.25, -0.2) is 9.97 Å². The number of aromatic nitrogens is 3. The van der Waals surface area contributed by atoms with Crippen LogP contribution >= 0.6 is 0 Å². The van der Waals surface area contributed by atoms with Crippen LogP contribution in [0.1, 0.15) is 19.3 Å². The van der Waals surface area contributed by atoms with Gasteiger partial charge >= 0.3 is 0 Å². The third-order valence-electron chi connectivity index (χ3n) is 3.49. The summed E-state index contributed by atoms with van der Waals surface area (Å²) in [6.07, 6.45) is 6.57. The zero-order chi connectivity index (χ0) is 13.1. The summed E-state index contributed by atoms with van der Waals surface area (Å²) in [6.45, 7) is 0.897. The van der Waals surface area contributed by atoms with Crippen LogP contribution in [0.15, 0.2) is 18.6 Å². The Balaban J connectivity index is 1.72. The molecule has 0 aromatic carbocycles. The Bertz CT molecular complexity index is 536. The predicted molar refractivity (Wildman–Crippen MR) is 72.0 cm³/mol. The van der Waals surface area contributed by atoms with E-state index in [0.29, 0.717) is 0 Å². The van der Waals surface area contributed by atoms with Gasteiger partial charge in [-0.05, 0) is 25.3 Å². The summed E-state index contributed by atoms with van der Waals surface area (Å²) in [7, 11) is 0. The molecule has 0 aliphatic carbocycles. The molecule has 0 unspecified atom stereocenters. The maximum atomic E-state index is 9.50. The van der Waals surface area contributed by atoms with Crippen molar-refractivity contribution in [2.75, 3.05) is 18.5 Å². The minimum atomic E-state index is -0.0453. The van der Waals surface area contributed by atoms with Crippen LogP contribution in [-0.4, -0.2) is 45.4 Å². The van der Waals surface area contributed by atoms with Gasteiger partial charge in [-0.15, -0.1) is 0 Å². The highest BCUT2D eigenvalue weighted by Gasteiger charge is 2.21. The first kappa shape index (κ1) is 12.4. The van der Waals surface area contributed by atoms with Gasteiger partial charge in [0, 0.05) is 12.8 Å². The number of nitrogens with zero attached hydrogens (tertiary/aromatic N) is 2. The molecule has 19 heavy (non-hydrogen) atoms. The second-order valence-electron chi connectivity index (χ2n) is 4.86. The molecule has 0 bridgehead atoms. The van der Waals surface area contributed by atoms with Crippen LogP contribution in [0.25, 0.3) is 11.0 Å². The lowest BCUT2D eigenvalue weighted by molar-refractivity contribution is 0.0930. The molecule has 3 heterocycles. The molecular formula is C13H18N4O2. The van der Waals surface area contributed by atoms with E-state index in [1.165, 1.54) is 6.33 Å². The number of H-pyrrole nitrogens is 1. The summed E-state index contributed by atoms with van der Waals surface area (Å²) in [4.78, 5) is 11.4. The largest absolute Gasteiger partial charge is 0.394 e. The minimum Gasteiger partial charge on any atom is -0.394 e. The number of aromatic amines is 1. The van der Waals surface area contributed by atoms with Gasteiger partial charge in [-0.2, -0.15) is 0 Å². The van der Waals surface area contributed by atoms with Crippen molar-refractivity contribution in [3.8, 4) is 0 Å². The summed E-state index contributed by atoms with van der Waals surface area (Å²) in [5.41, 5.74) is 0.798. The minimum absolute atomic E-state index is 0.0453. The third-order valence-corrected chi connectivity index (χ3v) is 3.49. The van der Waals surface area contributed by atoms with E-state index in [2.05, 4.69) is 20.3 Å². The van der Waals surface area contributed by atoms with E-state index in [0.717, 1.165) is 42.7 Å². The lowest BCUT2D eigenvalue weighted by atomic mass is 10.1. The maximum Gasteiger partial charge on any atom is 0.142 e. The molecular weight excluding hydrogens is 244 g/mol. The number of fused-ring (bicyclic) bond motifs is 1. The maximum absolute atomic E-state index is 9.50. The van der Waals surface area contributed by atoms with Gasteiger partial charge in [0.1, 0.15) is 17.8 Å². The van der Waals surface area contributed by atoms with Crippen LogP contribution < -0.4 is 5.32 Å². The fraction of sp³-hybridized carbons (Fsp3) is 0.538. The van der Waals surface area contributed by atoms with Crippen LogP contribution in [-0.2, 0) is 4.74 Å². The summed E-state index contributed by atoms with van der Waals surface area (Å²) in [6, 6.07) is 1.88. The number of rotatable bonds is 5. The molecule has 0 spiro atoms. The fourth-order valence-electron chi connectivity index (χ4n) is 2.51. The van der Waals surface area contributed by atoms with Gasteiger partial charge < -0.3 is 20.1 Å². The second kappa shape index (κ2) is 5.54. The Labute approximate surface area is 111 Å². The predicted octanol–water partition coefficient (Wildman–Crippen LogP) is 1.30. The molecule has 1 fully saturated rings. The summed E-state index contributed by atoms with van der Waals surface area (Å²) >= 11 is 0. The smallest absolute Gasteiger partial charge is 0.142 e. The molecule has 6 nitrogen and oxygen atoms in total. The average Bonchev–Trinajstić information content (AvgIpc) is 3.08. The van der Waals surface area contributed by atoms with Crippen molar-refractivity contribution < 1.29 is 9.84 Å². The van der Waals surface area contributed by atoms with Gasteiger partial charge in [-0.3, -0.25) is 0 Å². The van der Waals surface area contributed by atoms with E-state index in [1.807, 2.05) is 12.3 Å². The van der Waals surface area contributed by atoms with Crippen LogP contribution in [0.4, 0.5) is 5.82 Å². The first-order chi connectivity index (χ1) is 9.36. The molecule has 1 aliphatic rings. The van der Waals surface area contributed by atoms with Crippen molar-refractivity contribution in [3.05, 3.63) is 18.6 Å². The van der Waals surface area contributed by atoms with E-state index in [9.17, 15) is 5.11 Å². The standard InChI is InChI=1S/C13H18N4O2/c18-7-9(6-10-2-1-5-19-10)17-13-11-3-4-14-12(11)15-8-16-13/h3-4,8-10,18H,1-2,5-7H2,(H2,14,15,16,17)/t9-,10+/m0/s1. The van der Waals surface area contributed by atoms with Crippen molar-refractivity contribution in [2.24, 2.45) is 0 Å². The number of aliphatic hydroxyl groups excluding tert-OH is 1. The summed E-state index contributed by atoms with van der Waals surface area (Å²) < 4.78 is 5.61. The summed E-state index contributed by atoms with van der Waals surface area (Å²) in [5, 5.41) is 13.7. The topological polar surface area (TPSA) is 83.1 Å². The molecule has 2 atom stereocenters. The Kier molecular flexibility index (Phi) is 3.61. The van der Waals surface area contributed by atoms with E-state index in [-0.39, 0.29) is 18.8 Å². The van der Waals surface area contributed by atoms with Crippen molar-refractivity contribution >= 4 is 16.9 Å². The molecule has 2 aromatic rings. The van der Waals surface area contributed by atoms with Crippen LogP contribution in [0.5, 0.6) is 0 Å². The van der Waals surface area contributed by atoms with Crippen molar-refractivity contribution in [3.63, 3.8) is 0 Å². The Hall–Kier alpha value is -1.66. The molecule has 0 radical (unpaired) electrons. The number of nitrogens with one attached hydrogen (secondary N) is 2. The van der Waals surface area contributed by atoms with Gasteiger partial charge in [0.2, 0.25) is 0 Å². The third kappa shape index (κ3) is 2.69. The first-order valence-electron chi connectivity index (χ1n) is 6.64. The average molecular weight is 262 g/mol. The van der Waals surface area contributed by atoms with Gasteiger partial charge in [0.15, 0.2) is 0 Å². The molecule has 1 aliphatic heterocycles. The molecule has 2 aromatic heterocycles. The highest BCUT2D eigenvalue weighted by molar-refractivity contribution is 5.86. The van der Waals surface area contributed by atoms with E-state index in [4.69, 9.17) is 4.74 Å². The van der Waals surface area contributed by atoms with E-state index < -0.39 is 0 Å². The number of anilines is 1. The highest BCUT2D eigenvalue weighted by atomic mass is 16.5. The van der Waals surface area contributed by atoms with E-state index in [1.54, 1.807) is 0 Å². The molecule has 6 heteroatoms. The number of hydrogen-bond acceptors (Lipinski definition) is 5. The van der Waals surface area contributed by atoms with Crippen LogP contribution in [0.3, 0.4) is 0 Å². The van der Waals surface area contributed by atoms with Gasteiger partial charge in [-0.1, -0.05) is 0 Å². The SMILES string of the molecule is OC[C@H](C[C@H]1CCCO1)Nc1ncnc2[nH]ccc12. The fourth-order valence-corrected chi connectivity index (χ4v) is 2.51. The monoisotopic (exact) mass is 262 g/mol. The number of hydrogen-bond donors (Lipinski definition) is 3. The molecule has 3 rings (SSSR count). The lowest BCUT2D eigenvalue weighted by Gasteiger charge is -2.20. The number of aliphatic hydroxyl groups is 1. The molecule has 3 N–H and O–H groups in total. The molecule has 102 valence electrons. The molecule has 0 saturated carbocycles. The van der Waals surface area contributed by atoms with E-state index >= 15 is 0 Å². The normalized spacial score (nSPS) is 20.8. The van der Waals surface area contributed by atoms with Crippen molar-refractivity contribution in [1.29, 1.82) is 0 Å². The van der Waals surface area contributed by atoms with Crippen LogP contribution in [0, 0.1) is 0 Å². The highest BCUT2D eigenvalue weighted by Crippen LogP contribution is 2.22.